The topological polar surface area (TPSA) is 57.6 Å². The van der Waals surface area contributed by atoms with Crippen molar-refractivity contribution in [1.29, 1.82) is 0 Å². The number of aryl methyl sites for hydroxylation is 2. The van der Waals surface area contributed by atoms with Crippen molar-refractivity contribution in [2.75, 3.05) is 7.05 Å². The van der Waals surface area contributed by atoms with E-state index < -0.39 is 16.1 Å². The largest absolute Gasteiger partial charge is 0.391 e. The molecule has 0 amide bonds. The Morgan fingerprint density at radius 1 is 1.20 bits per heavy atom. The Bertz CT molecular complexity index is 583. The second-order valence-electron chi connectivity index (χ2n) is 5.71. The van der Waals surface area contributed by atoms with Crippen LogP contribution in [0.1, 0.15) is 36.8 Å². The van der Waals surface area contributed by atoms with Crippen LogP contribution in [-0.2, 0) is 10.0 Å². The monoisotopic (exact) mass is 297 g/mol. The molecule has 0 aliphatic heterocycles. The van der Waals surface area contributed by atoms with Crippen LogP contribution < -0.4 is 0 Å². The number of hydrogen-bond acceptors (Lipinski definition) is 3. The van der Waals surface area contributed by atoms with E-state index in [0.717, 1.165) is 30.4 Å². The van der Waals surface area contributed by atoms with E-state index in [2.05, 4.69) is 0 Å². The number of rotatable bonds is 3. The summed E-state index contributed by atoms with van der Waals surface area (Å²) in [6.07, 6.45) is 2.77. The molecule has 4 nitrogen and oxygen atoms in total. The van der Waals surface area contributed by atoms with Crippen LogP contribution in [0.3, 0.4) is 0 Å². The van der Waals surface area contributed by atoms with Crippen LogP contribution in [0, 0.1) is 13.8 Å². The molecule has 0 spiro atoms. The van der Waals surface area contributed by atoms with Gasteiger partial charge in [0.15, 0.2) is 0 Å². The lowest BCUT2D eigenvalue weighted by atomic mass is 9.93. The van der Waals surface area contributed by atoms with Crippen LogP contribution in [-0.4, -0.2) is 37.0 Å². The van der Waals surface area contributed by atoms with Gasteiger partial charge in [-0.3, -0.25) is 0 Å². The fourth-order valence-corrected chi connectivity index (χ4v) is 4.56. The van der Waals surface area contributed by atoms with Gasteiger partial charge in [0.25, 0.3) is 0 Å². The maximum Gasteiger partial charge on any atom is 0.243 e. The molecule has 1 saturated carbocycles. The smallest absolute Gasteiger partial charge is 0.243 e. The summed E-state index contributed by atoms with van der Waals surface area (Å²) in [5, 5.41) is 10.1. The van der Waals surface area contributed by atoms with Gasteiger partial charge in [-0.25, -0.2) is 8.42 Å². The van der Waals surface area contributed by atoms with Gasteiger partial charge in [0.2, 0.25) is 10.0 Å². The minimum absolute atomic E-state index is 0.311. The summed E-state index contributed by atoms with van der Waals surface area (Å²) < 4.78 is 26.9. The van der Waals surface area contributed by atoms with Gasteiger partial charge in [-0.05, 0) is 43.9 Å². The second kappa shape index (κ2) is 5.84. The van der Waals surface area contributed by atoms with Crippen LogP contribution in [0.2, 0.25) is 0 Å². The first-order valence-electron chi connectivity index (χ1n) is 7.07. The lowest BCUT2D eigenvalue weighted by Gasteiger charge is -2.34. The Labute approximate surface area is 121 Å². The van der Waals surface area contributed by atoms with Crippen molar-refractivity contribution in [3.8, 4) is 0 Å². The van der Waals surface area contributed by atoms with E-state index >= 15 is 0 Å². The minimum Gasteiger partial charge on any atom is -0.391 e. The van der Waals surface area contributed by atoms with E-state index in [4.69, 9.17) is 0 Å². The molecule has 2 rings (SSSR count). The second-order valence-corrected chi connectivity index (χ2v) is 7.68. The van der Waals surface area contributed by atoms with E-state index in [-0.39, 0.29) is 6.04 Å². The summed E-state index contributed by atoms with van der Waals surface area (Å²) in [4.78, 5) is 0.345. The van der Waals surface area contributed by atoms with E-state index in [1.807, 2.05) is 19.1 Å². The maximum absolute atomic E-state index is 12.8. The summed E-state index contributed by atoms with van der Waals surface area (Å²) in [6, 6.07) is 5.13. The molecule has 1 aromatic rings. The van der Waals surface area contributed by atoms with Crippen molar-refractivity contribution in [2.45, 2.75) is 56.6 Å². The van der Waals surface area contributed by atoms with Gasteiger partial charge < -0.3 is 5.11 Å². The third-order valence-electron chi connectivity index (χ3n) is 4.16. The van der Waals surface area contributed by atoms with Crippen molar-refractivity contribution in [2.24, 2.45) is 0 Å². The number of aliphatic hydroxyl groups excluding tert-OH is 1. The first-order valence-corrected chi connectivity index (χ1v) is 8.51. The zero-order chi connectivity index (χ0) is 14.9. The Hall–Kier alpha value is -0.910. The summed E-state index contributed by atoms with van der Waals surface area (Å²) in [5.74, 6) is 0. The molecule has 20 heavy (non-hydrogen) atoms. The SMILES string of the molecule is Cc1ccc(C)c(S(=O)(=O)N(C)[C@H]2CCCC[C@@H]2O)c1. The molecule has 1 fully saturated rings. The first-order chi connectivity index (χ1) is 9.34. The number of aliphatic hydroxyl groups is 1. The highest BCUT2D eigenvalue weighted by molar-refractivity contribution is 7.89. The van der Waals surface area contributed by atoms with Gasteiger partial charge in [0.1, 0.15) is 0 Å². The molecule has 0 unspecified atom stereocenters. The molecule has 0 radical (unpaired) electrons. The lowest BCUT2D eigenvalue weighted by Crippen LogP contribution is -2.46. The number of hydrogen-bond donors (Lipinski definition) is 1. The molecule has 1 aliphatic carbocycles. The molecule has 1 aliphatic rings. The van der Waals surface area contributed by atoms with Crippen molar-refractivity contribution < 1.29 is 13.5 Å². The zero-order valence-electron chi connectivity index (χ0n) is 12.3. The maximum atomic E-state index is 12.8. The predicted octanol–water partition coefficient (Wildman–Crippen LogP) is 2.23. The van der Waals surface area contributed by atoms with Crippen LogP contribution in [0.5, 0.6) is 0 Å². The number of nitrogens with zero attached hydrogens (tertiary/aromatic N) is 1. The molecular weight excluding hydrogens is 274 g/mol. The zero-order valence-corrected chi connectivity index (χ0v) is 13.2. The lowest BCUT2D eigenvalue weighted by molar-refractivity contribution is 0.0638. The molecule has 1 aromatic carbocycles. The Morgan fingerprint density at radius 2 is 1.85 bits per heavy atom. The molecule has 0 aromatic heterocycles. The first kappa shape index (κ1) is 15.5. The molecule has 2 atom stereocenters. The summed E-state index contributed by atoms with van der Waals surface area (Å²) in [5.41, 5.74) is 1.67. The van der Waals surface area contributed by atoms with E-state index in [1.165, 1.54) is 4.31 Å². The van der Waals surface area contributed by atoms with E-state index in [9.17, 15) is 13.5 Å². The average Bonchev–Trinajstić information content (AvgIpc) is 2.41. The van der Waals surface area contributed by atoms with E-state index in [0.29, 0.717) is 11.3 Å². The fourth-order valence-electron chi connectivity index (χ4n) is 2.83. The summed E-state index contributed by atoms with van der Waals surface area (Å²) in [6.45, 7) is 3.69. The quantitative estimate of drug-likeness (QED) is 0.930. The summed E-state index contributed by atoms with van der Waals surface area (Å²) >= 11 is 0. The predicted molar refractivity (Wildman–Crippen MR) is 79.1 cm³/mol. The number of benzene rings is 1. The Balaban J connectivity index is 2.36. The minimum atomic E-state index is -3.55. The fraction of sp³-hybridized carbons (Fsp3) is 0.600. The molecule has 0 bridgehead atoms. The van der Waals surface area contributed by atoms with Gasteiger partial charge in [0.05, 0.1) is 17.0 Å². The summed E-state index contributed by atoms with van der Waals surface area (Å²) in [7, 11) is -1.97. The Morgan fingerprint density at radius 3 is 2.50 bits per heavy atom. The van der Waals surface area contributed by atoms with Crippen molar-refractivity contribution in [3.63, 3.8) is 0 Å². The van der Waals surface area contributed by atoms with Crippen LogP contribution in [0.15, 0.2) is 23.1 Å². The van der Waals surface area contributed by atoms with E-state index in [1.54, 1.807) is 20.0 Å². The number of likely N-dealkylation sites (N-methyl/N-ethyl adjacent to an activating group) is 1. The Kier molecular flexibility index (Phi) is 4.52. The normalized spacial score (nSPS) is 24.1. The van der Waals surface area contributed by atoms with Gasteiger partial charge >= 0.3 is 0 Å². The van der Waals surface area contributed by atoms with Gasteiger partial charge in [-0.2, -0.15) is 4.31 Å². The molecule has 0 saturated heterocycles. The van der Waals surface area contributed by atoms with Crippen LogP contribution >= 0.6 is 0 Å². The molecule has 0 heterocycles. The molecular formula is C15H23NO3S. The van der Waals surface area contributed by atoms with Gasteiger partial charge in [-0.1, -0.05) is 25.0 Å². The standard InChI is InChI=1S/C15H23NO3S/c1-11-8-9-12(2)15(10-11)20(18,19)16(3)13-6-4-5-7-14(13)17/h8-10,13-14,17H,4-7H2,1-3H3/t13-,14-/m0/s1. The molecule has 5 heteroatoms. The van der Waals surface area contributed by atoms with Gasteiger partial charge in [0, 0.05) is 7.05 Å². The van der Waals surface area contributed by atoms with Crippen molar-refractivity contribution in [1.82, 2.24) is 4.31 Å². The molecule has 112 valence electrons. The molecule has 1 N–H and O–H groups in total. The average molecular weight is 297 g/mol. The third-order valence-corrected chi connectivity index (χ3v) is 6.19. The highest BCUT2D eigenvalue weighted by Crippen LogP contribution is 2.28. The highest BCUT2D eigenvalue weighted by atomic mass is 32.2. The third kappa shape index (κ3) is 2.90. The highest BCUT2D eigenvalue weighted by Gasteiger charge is 2.34. The van der Waals surface area contributed by atoms with Crippen molar-refractivity contribution in [3.05, 3.63) is 29.3 Å². The van der Waals surface area contributed by atoms with Gasteiger partial charge in [-0.15, -0.1) is 0 Å². The van der Waals surface area contributed by atoms with Crippen LogP contribution in [0.4, 0.5) is 0 Å². The number of sulfonamides is 1. The van der Waals surface area contributed by atoms with Crippen LogP contribution in [0.25, 0.3) is 0 Å². The van der Waals surface area contributed by atoms with Crippen molar-refractivity contribution >= 4 is 10.0 Å².